The Morgan fingerprint density at radius 3 is 2.00 bits per heavy atom. The van der Waals surface area contributed by atoms with Crippen molar-refractivity contribution in [1.29, 1.82) is 0 Å². The Morgan fingerprint density at radius 2 is 1.43 bits per heavy atom. The summed E-state index contributed by atoms with van der Waals surface area (Å²) in [6.07, 6.45) is 10.3. The van der Waals surface area contributed by atoms with Crippen molar-refractivity contribution in [2.45, 2.75) is 97.6 Å². The third-order valence-electron chi connectivity index (χ3n) is 4.61. The van der Waals surface area contributed by atoms with E-state index in [2.05, 4.69) is 6.92 Å². The number of ether oxygens (including phenoxy) is 3. The number of phenolic OH excluding ortho intramolecular Hbond substituents is 1. The van der Waals surface area contributed by atoms with Crippen molar-refractivity contribution in [2.75, 3.05) is 6.61 Å². The van der Waals surface area contributed by atoms with Gasteiger partial charge in [0.25, 0.3) is 0 Å². The second-order valence-electron chi connectivity index (χ2n) is 7.11. The highest BCUT2D eigenvalue weighted by Gasteiger charge is 2.19. The number of rotatable bonds is 16. The Kier molecular flexibility index (Phi) is 13.4. The molecule has 5 nitrogen and oxygen atoms in total. The normalized spacial score (nSPS) is 13.2. The van der Waals surface area contributed by atoms with Gasteiger partial charge in [-0.3, -0.25) is 0 Å². The topological polar surface area (TPSA) is 65.0 Å². The lowest BCUT2D eigenvalue weighted by molar-refractivity contribution is -0.229. The number of esters is 1. The number of carbonyl (C=O) groups is 1. The lowest BCUT2D eigenvalue weighted by atomic mass is 10.1. The number of unbranched alkanes of at least 4 members (excludes halogenated alkanes) is 7. The van der Waals surface area contributed by atoms with Crippen molar-refractivity contribution < 1.29 is 24.1 Å². The van der Waals surface area contributed by atoms with Gasteiger partial charge in [0.2, 0.25) is 6.29 Å². The van der Waals surface area contributed by atoms with Crippen LogP contribution in [0.2, 0.25) is 0 Å². The van der Waals surface area contributed by atoms with Crippen molar-refractivity contribution >= 4 is 5.97 Å². The van der Waals surface area contributed by atoms with Crippen LogP contribution in [0.5, 0.6) is 5.75 Å². The molecule has 2 atom stereocenters. The molecular formula is C23H38O5. The Hall–Kier alpha value is -1.59. The number of hydrogen-bond donors (Lipinski definition) is 1. The fraction of sp³-hybridized carbons (Fsp3) is 0.696. The Morgan fingerprint density at radius 1 is 0.857 bits per heavy atom. The van der Waals surface area contributed by atoms with Crippen molar-refractivity contribution in [3.63, 3.8) is 0 Å². The molecule has 0 aliphatic rings. The van der Waals surface area contributed by atoms with Crippen LogP contribution in [0.3, 0.4) is 0 Å². The summed E-state index contributed by atoms with van der Waals surface area (Å²) in [5.74, 6) is -0.356. The van der Waals surface area contributed by atoms with Gasteiger partial charge in [0, 0.05) is 13.0 Å². The van der Waals surface area contributed by atoms with E-state index in [9.17, 15) is 9.90 Å². The second-order valence-corrected chi connectivity index (χ2v) is 7.11. The summed E-state index contributed by atoms with van der Waals surface area (Å²) in [6, 6.07) is 5.97. The molecule has 0 aliphatic carbocycles. The van der Waals surface area contributed by atoms with E-state index in [1.807, 2.05) is 13.8 Å². The largest absolute Gasteiger partial charge is 0.508 e. The molecule has 0 saturated carbocycles. The summed E-state index contributed by atoms with van der Waals surface area (Å²) in [5, 5.41) is 9.31. The van der Waals surface area contributed by atoms with Gasteiger partial charge in [0.15, 0.2) is 6.29 Å². The van der Waals surface area contributed by atoms with E-state index in [0.717, 1.165) is 6.42 Å². The molecule has 0 heterocycles. The smallest absolute Gasteiger partial charge is 0.340 e. The van der Waals surface area contributed by atoms with E-state index in [0.29, 0.717) is 25.0 Å². The molecule has 0 bridgehead atoms. The van der Waals surface area contributed by atoms with Crippen molar-refractivity contribution in [2.24, 2.45) is 0 Å². The average Bonchev–Trinajstić information content (AvgIpc) is 2.71. The molecule has 1 aromatic carbocycles. The fourth-order valence-corrected chi connectivity index (χ4v) is 2.87. The number of aromatic hydroxyl groups is 1. The number of carbonyl (C=O) groups excluding carboxylic acids is 1. The molecule has 0 aromatic heterocycles. The monoisotopic (exact) mass is 394 g/mol. The minimum Gasteiger partial charge on any atom is -0.508 e. The minimum atomic E-state index is -0.648. The van der Waals surface area contributed by atoms with E-state index < -0.39 is 12.3 Å². The molecule has 160 valence electrons. The lowest BCUT2D eigenvalue weighted by Gasteiger charge is -2.23. The van der Waals surface area contributed by atoms with Crippen molar-refractivity contribution in [3.05, 3.63) is 29.8 Å². The van der Waals surface area contributed by atoms with Crippen LogP contribution in [0, 0.1) is 0 Å². The molecule has 0 amide bonds. The molecule has 0 fully saturated rings. The summed E-state index contributed by atoms with van der Waals surface area (Å²) in [6.45, 7) is 6.80. The first-order valence-corrected chi connectivity index (χ1v) is 10.9. The number of benzene rings is 1. The predicted molar refractivity (Wildman–Crippen MR) is 111 cm³/mol. The first-order chi connectivity index (χ1) is 13.6. The van der Waals surface area contributed by atoms with Crippen molar-refractivity contribution in [1.82, 2.24) is 0 Å². The third-order valence-corrected chi connectivity index (χ3v) is 4.61. The van der Waals surface area contributed by atoms with Crippen LogP contribution in [-0.2, 0) is 14.2 Å². The lowest BCUT2D eigenvalue weighted by Crippen LogP contribution is -2.28. The standard InChI is InChI=1S/C23H38O5/c1-4-7-8-9-10-11-12-13-18-26-21(5-2)27-22(6-3)28-23(25)19-14-16-20(24)17-15-19/h14-17,21-22,24H,4-13,18H2,1-3H3. The SMILES string of the molecule is CCCCCCCCCCOC(CC)OC(CC)OC(=O)c1ccc(O)cc1. The van der Waals surface area contributed by atoms with E-state index in [4.69, 9.17) is 14.2 Å². The zero-order valence-electron chi connectivity index (χ0n) is 17.8. The van der Waals surface area contributed by atoms with Crippen LogP contribution < -0.4 is 0 Å². The quantitative estimate of drug-likeness (QED) is 0.205. The van der Waals surface area contributed by atoms with Gasteiger partial charge in [-0.15, -0.1) is 0 Å². The molecule has 5 heteroatoms. The van der Waals surface area contributed by atoms with Gasteiger partial charge in [0.1, 0.15) is 5.75 Å². The van der Waals surface area contributed by atoms with E-state index >= 15 is 0 Å². The van der Waals surface area contributed by atoms with E-state index in [1.165, 1.54) is 69.2 Å². The number of phenols is 1. The maximum Gasteiger partial charge on any atom is 0.340 e. The second kappa shape index (κ2) is 15.3. The van der Waals surface area contributed by atoms with Crippen molar-refractivity contribution in [3.8, 4) is 5.75 Å². The average molecular weight is 395 g/mol. The molecule has 1 rings (SSSR count). The molecule has 0 spiro atoms. The van der Waals surface area contributed by atoms with E-state index in [1.54, 1.807) is 0 Å². The summed E-state index contributed by atoms with van der Waals surface area (Å²) in [7, 11) is 0. The Balaban J connectivity index is 2.25. The van der Waals surface area contributed by atoms with Crippen LogP contribution >= 0.6 is 0 Å². The third kappa shape index (κ3) is 10.7. The highest BCUT2D eigenvalue weighted by molar-refractivity contribution is 5.89. The van der Waals surface area contributed by atoms with Crippen LogP contribution in [0.25, 0.3) is 0 Å². The van der Waals surface area contributed by atoms with Crippen LogP contribution in [0.1, 0.15) is 95.3 Å². The van der Waals surface area contributed by atoms with Gasteiger partial charge in [-0.2, -0.15) is 0 Å². The molecule has 0 aliphatic heterocycles. The van der Waals surface area contributed by atoms with Gasteiger partial charge in [-0.05, 0) is 37.1 Å². The van der Waals surface area contributed by atoms with Crippen LogP contribution in [-0.4, -0.2) is 30.3 Å². The first-order valence-electron chi connectivity index (χ1n) is 10.9. The maximum absolute atomic E-state index is 12.2. The zero-order chi connectivity index (χ0) is 20.6. The highest BCUT2D eigenvalue weighted by atomic mass is 16.8. The van der Waals surface area contributed by atoms with Gasteiger partial charge >= 0.3 is 5.97 Å². The van der Waals surface area contributed by atoms with Gasteiger partial charge < -0.3 is 19.3 Å². The molecule has 28 heavy (non-hydrogen) atoms. The van der Waals surface area contributed by atoms with Gasteiger partial charge in [0.05, 0.1) is 5.56 Å². The van der Waals surface area contributed by atoms with Gasteiger partial charge in [-0.1, -0.05) is 65.7 Å². The molecule has 0 saturated heterocycles. The zero-order valence-corrected chi connectivity index (χ0v) is 17.8. The Labute approximate surface area is 170 Å². The highest BCUT2D eigenvalue weighted by Crippen LogP contribution is 2.15. The van der Waals surface area contributed by atoms with Crippen LogP contribution in [0.4, 0.5) is 0 Å². The Bertz CT molecular complexity index is 514. The van der Waals surface area contributed by atoms with E-state index in [-0.39, 0.29) is 12.0 Å². The summed E-state index contributed by atoms with van der Waals surface area (Å²) in [5.41, 5.74) is 0.382. The summed E-state index contributed by atoms with van der Waals surface area (Å²) < 4.78 is 17.1. The summed E-state index contributed by atoms with van der Waals surface area (Å²) >= 11 is 0. The molecular weight excluding hydrogens is 356 g/mol. The number of hydrogen-bond acceptors (Lipinski definition) is 5. The van der Waals surface area contributed by atoms with Gasteiger partial charge in [-0.25, -0.2) is 4.79 Å². The maximum atomic E-state index is 12.2. The predicted octanol–water partition coefficient (Wildman–Crippen LogP) is 6.20. The minimum absolute atomic E-state index is 0.111. The molecule has 2 unspecified atom stereocenters. The fourth-order valence-electron chi connectivity index (χ4n) is 2.87. The summed E-state index contributed by atoms with van der Waals surface area (Å²) in [4.78, 5) is 12.2. The first kappa shape index (κ1) is 24.4. The van der Waals surface area contributed by atoms with Crippen LogP contribution in [0.15, 0.2) is 24.3 Å². The molecule has 0 radical (unpaired) electrons. The molecule has 1 aromatic rings. The molecule has 1 N–H and O–H groups in total.